The highest BCUT2D eigenvalue weighted by atomic mass is 35.5. The molecule has 4 aromatic rings. The third-order valence-corrected chi connectivity index (χ3v) is 12.0. The number of carbonyl (C=O) groups excluding carboxylic acids is 2. The van der Waals surface area contributed by atoms with Gasteiger partial charge in [0, 0.05) is 56.3 Å². The second-order valence-electron chi connectivity index (χ2n) is 16.6. The van der Waals surface area contributed by atoms with Crippen LogP contribution < -0.4 is 9.64 Å². The maximum atomic E-state index is 17.0. The minimum absolute atomic E-state index is 0.00835. The molecule has 0 saturated carbocycles. The van der Waals surface area contributed by atoms with Crippen LogP contribution in [0, 0.1) is 23.0 Å². The maximum Gasteiger partial charge on any atom is 0.410 e. The van der Waals surface area contributed by atoms with Crippen molar-refractivity contribution >= 4 is 51.1 Å². The van der Waals surface area contributed by atoms with Crippen LogP contribution >= 0.6 is 11.6 Å². The Labute approximate surface area is 343 Å². The van der Waals surface area contributed by atoms with Gasteiger partial charge in [-0.3, -0.25) is 14.7 Å². The lowest BCUT2D eigenvalue weighted by molar-refractivity contribution is -0.131. The number of pyridine rings is 1. The van der Waals surface area contributed by atoms with Crippen LogP contribution in [0.25, 0.3) is 32.9 Å². The number of rotatable bonds is 8. The predicted molar refractivity (Wildman–Crippen MR) is 212 cm³/mol. The van der Waals surface area contributed by atoms with E-state index in [1.807, 2.05) is 0 Å². The van der Waals surface area contributed by atoms with Crippen LogP contribution in [0.5, 0.6) is 6.01 Å². The highest BCUT2D eigenvalue weighted by Gasteiger charge is 2.49. The van der Waals surface area contributed by atoms with Crippen LogP contribution in [-0.2, 0) is 9.53 Å². The van der Waals surface area contributed by atoms with Gasteiger partial charge in [-0.25, -0.2) is 22.4 Å². The van der Waals surface area contributed by atoms with E-state index in [1.54, 1.807) is 43.9 Å². The smallest absolute Gasteiger partial charge is 0.410 e. The summed E-state index contributed by atoms with van der Waals surface area (Å²) in [4.78, 5) is 46.4. The van der Waals surface area contributed by atoms with Gasteiger partial charge in [0.15, 0.2) is 11.6 Å². The molecule has 0 radical (unpaired) electrons. The number of carbonyl (C=O) groups is 2. The molecule has 4 aliphatic heterocycles. The predicted octanol–water partition coefficient (Wildman–Crippen LogP) is 7.53. The molecule has 2 aromatic heterocycles. The highest BCUT2D eigenvalue weighted by Crippen LogP contribution is 2.42. The summed E-state index contributed by atoms with van der Waals surface area (Å²) >= 11 is 6.42. The Morgan fingerprint density at radius 3 is 2.64 bits per heavy atom. The fraction of sp³-hybridized carbons (Fsp3) is 0.476. The van der Waals surface area contributed by atoms with E-state index in [9.17, 15) is 23.6 Å². The van der Waals surface area contributed by atoms with E-state index in [1.165, 1.54) is 28.1 Å². The number of nitriles is 1. The minimum Gasteiger partial charge on any atom is -0.461 e. The molecule has 0 N–H and O–H groups in total. The molecule has 2 aromatic carbocycles. The first kappa shape index (κ1) is 40.5. The average Bonchev–Trinajstić information content (AvgIpc) is 3.71. The van der Waals surface area contributed by atoms with Crippen molar-refractivity contribution < 1.29 is 36.6 Å². The molecule has 1 unspecified atom stereocenters. The third-order valence-electron chi connectivity index (χ3n) is 11.7. The molecule has 310 valence electrons. The summed E-state index contributed by atoms with van der Waals surface area (Å²) in [5.41, 5.74) is -1.37. The quantitative estimate of drug-likeness (QED) is 0.130. The highest BCUT2D eigenvalue weighted by molar-refractivity contribution is 6.36. The van der Waals surface area contributed by atoms with Crippen LogP contribution in [0.3, 0.4) is 0 Å². The van der Waals surface area contributed by atoms with E-state index in [2.05, 4.69) is 20.9 Å². The first-order chi connectivity index (χ1) is 28.2. The molecule has 8 rings (SSSR count). The van der Waals surface area contributed by atoms with Crippen LogP contribution in [0.15, 0.2) is 48.4 Å². The largest absolute Gasteiger partial charge is 0.461 e. The number of ether oxygens (including phenoxy) is 2. The molecule has 0 spiro atoms. The van der Waals surface area contributed by atoms with Crippen LogP contribution in [-0.4, -0.2) is 117 Å². The van der Waals surface area contributed by atoms with Gasteiger partial charge in [0.05, 0.1) is 40.5 Å². The second-order valence-corrected chi connectivity index (χ2v) is 17.0. The number of benzene rings is 2. The molecule has 4 atom stereocenters. The van der Waals surface area contributed by atoms with Crippen LogP contribution in [0.4, 0.5) is 28.2 Å². The van der Waals surface area contributed by atoms with E-state index in [4.69, 9.17) is 26.1 Å². The molecule has 4 aliphatic rings. The molecule has 17 heteroatoms. The number of hydrogen-bond donors (Lipinski definition) is 0. The van der Waals surface area contributed by atoms with Crippen molar-refractivity contribution in [2.24, 2.45) is 0 Å². The van der Waals surface area contributed by atoms with Crippen molar-refractivity contribution in [3.05, 3.63) is 65.1 Å². The zero-order valence-electron chi connectivity index (χ0n) is 32.9. The summed E-state index contributed by atoms with van der Waals surface area (Å²) in [6.45, 7) is 6.70. The summed E-state index contributed by atoms with van der Waals surface area (Å²) in [7, 11) is 0. The summed E-state index contributed by atoms with van der Waals surface area (Å²) in [6.07, 6.45) is 3.05. The van der Waals surface area contributed by atoms with Gasteiger partial charge in [-0.15, -0.1) is 0 Å². The summed E-state index contributed by atoms with van der Waals surface area (Å²) in [5, 5.41) is 10.7. The van der Waals surface area contributed by atoms with Gasteiger partial charge in [-0.05, 0) is 64.1 Å². The van der Waals surface area contributed by atoms with E-state index in [-0.39, 0.29) is 83.5 Å². The molecule has 6 heterocycles. The monoisotopic (exact) mass is 834 g/mol. The maximum absolute atomic E-state index is 17.0. The van der Waals surface area contributed by atoms with Crippen molar-refractivity contribution in [1.29, 1.82) is 5.26 Å². The zero-order valence-corrected chi connectivity index (χ0v) is 33.6. The van der Waals surface area contributed by atoms with E-state index < -0.39 is 58.9 Å². The zero-order chi connectivity index (χ0) is 41.8. The normalized spacial score (nSPS) is 23.7. The van der Waals surface area contributed by atoms with Gasteiger partial charge in [0.25, 0.3) is 5.91 Å². The molecule has 2 amide bonds. The van der Waals surface area contributed by atoms with Gasteiger partial charge < -0.3 is 24.2 Å². The summed E-state index contributed by atoms with van der Waals surface area (Å²) in [5.74, 6) is -3.31. The Balaban J connectivity index is 1.12. The van der Waals surface area contributed by atoms with E-state index in [0.29, 0.717) is 31.3 Å². The van der Waals surface area contributed by atoms with Gasteiger partial charge in [-0.1, -0.05) is 35.9 Å². The Morgan fingerprint density at radius 2 is 1.90 bits per heavy atom. The second kappa shape index (κ2) is 15.7. The Bertz CT molecular complexity index is 2410. The van der Waals surface area contributed by atoms with Crippen molar-refractivity contribution in [2.45, 2.75) is 82.3 Å². The van der Waals surface area contributed by atoms with Gasteiger partial charge in [-0.2, -0.15) is 15.2 Å². The first-order valence-electron chi connectivity index (χ1n) is 19.7. The Kier molecular flexibility index (Phi) is 10.8. The lowest BCUT2D eigenvalue weighted by Crippen LogP contribution is -2.56. The average molecular weight is 835 g/mol. The molecule has 59 heavy (non-hydrogen) atoms. The summed E-state index contributed by atoms with van der Waals surface area (Å²) in [6, 6.07) is 8.20. The fourth-order valence-corrected chi connectivity index (χ4v) is 9.04. The van der Waals surface area contributed by atoms with E-state index >= 15 is 8.78 Å². The SMILES string of the molecule is CC(C)(C)OC(=O)N1CCC1/C=C(\F)C(=O)N1CCN(c2nc(OC[C@@]34CCCN3C[C@H](F)C4)nc3c(F)c(-c4cccc5ccc(F)c(Cl)c45)ncc23)C[C@@H]1CC#N. The number of halogens is 5. The topological polar surface area (TPSA) is 128 Å². The van der Waals surface area contributed by atoms with Crippen LogP contribution in [0.1, 0.15) is 52.9 Å². The van der Waals surface area contributed by atoms with Crippen molar-refractivity contribution in [3.8, 4) is 23.3 Å². The molecule has 0 aliphatic carbocycles. The Morgan fingerprint density at radius 1 is 1.08 bits per heavy atom. The molecule has 4 saturated heterocycles. The molecular formula is C42H43ClF4N8O4. The number of hydrogen-bond acceptors (Lipinski definition) is 10. The van der Waals surface area contributed by atoms with Crippen molar-refractivity contribution in [3.63, 3.8) is 0 Å². The number of likely N-dealkylation sites (tertiary alicyclic amines) is 1. The first-order valence-corrected chi connectivity index (χ1v) is 20.1. The van der Waals surface area contributed by atoms with Crippen molar-refractivity contribution in [1.82, 2.24) is 29.7 Å². The number of amides is 2. The number of piperazine rings is 1. The van der Waals surface area contributed by atoms with Crippen molar-refractivity contribution in [2.75, 3.05) is 50.8 Å². The van der Waals surface area contributed by atoms with Gasteiger partial charge in [0.2, 0.25) is 0 Å². The van der Waals surface area contributed by atoms with Crippen LogP contribution in [0.2, 0.25) is 5.02 Å². The van der Waals surface area contributed by atoms with Gasteiger partial charge in [0.1, 0.15) is 41.2 Å². The molecule has 4 fully saturated rings. The fourth-order valence-electron chi connectivity index (χ4n) is 8.77. The standard InChI is InChI=1S/C42H43ClF4N8O4/c1-41(2,3)59-40(57)55-15-11-26(55)18-31(46)38(56)54-17-16-52(22-27(54)10-13-48)37-29-20-49-35(28-7-4-6-24-8-9-30(45)33(43)32(24)28)34(47)36(29)50-39(51-37)58-23-42-12-5-14-53(42)21-25(44)19-42/h4,6-9,18,20,25-27H,5,10-12,14-17,19,21-23H2,1-3H3/b31-18-/t25-,26?,27+,42+/m1/s1. The lowest BCUT2D eigenvalue weighted by Gasteiger charge is -2.42. The number of anilines is 1. The van der Waals surface area contributed by atoms with Gasteiger partial charge >= 0.3 is 12.1 Å². The number of aromatic nitrogens is 3. The number of nitrogens with zero attached hydrogens (tertiary/aromatic N) is 8. The summed E-state index contributed by atoms with van der Waals surface area (Å²) < 4.78 is 73.7. The lowest BCUT2D eigenvalue weighted by atomic mass is 9.95. The molecular weight excluding hydrogens is 792 g/mol. The van der Waals surface area contributed by atoms with E-state index in [0.717, 1.165) is 19.0 Å². The Hall–Kier alpha value is -5.27. The number of fused-ring (bicyclic) bond motifs is 3. The number of alkyl halides is 1. The minimum atomic E-state index is -1.06. The molecule has 12 nitrogen and oxygen atoms in total. The third kappa shape index (κ3) is 7.70. The molecule has 0 bridgehead atoms.